The maximum absolute atomic E-state index is 11.8. The zero-order chi connectivity index (χ0) is 26.7. The predicted molar refractivity (Wildman–Crippen MR) is 145 cm³/mol. The fourth-order valence-corrected chi connectivity index (χ4v) is 9.06. The molecule has 0 saturated heterocycles. The second-order valence-corrected chi connectivity index (χ2v) is 24.6. The van der Waals surface area contributed by atoms with Crippen LogP contribution in [0.25, 0.3) is 0 Å². The van der Waals surface area contributed by atoms with Crippen LogP contribution in [0.4, 0.5) is 0 Å². The van der Waals surface area contributed by atoms with Crippen molar-refractivity contribution in [1.82, 2.24) is 0 Å². The first-order valence-corrected chi connectivity index (χ1v) is 15.3. The summed E-state index contributed by atoms with van der Waals surface area (Å²) in [4.78, 5) is 19.5. The van der Waals surface area contributed by atoms with Crippen molar-refractivity contribution in [3.63, 3.8) is 0 Å². The molecule has 0 bridgehead atoms. The number of hydrogen-bond donors (Lipinski definition) is 2. The third kappa shape index (κ3) is 15.4. The van der Waals surface area contributed by atoms with Crippen LogP contribution in [0.5, 0.6) is 0 Å². The summed E-state index contributed by atoms with van der Waals surface area (Å²) < 4.78 is 23.4. The molecule has 0 unspecified atom stereocenters. The standard InChI is InChI=1S/C8H19O2P.C8H19OP.C8H18OP.Pd/c1-7(2,3)11(9,10)8(4,5)6;2*1-7(2,3)10(9)8(4,5)6;/h1-6H3,(H,9,10);9H,1-6H3;1-6H3;/q;;+1;. The van der Waals surface area contributed by atoms with Gasteiger partial charge in [0.05, 0.1) is 0 Å². The smallest absolute Gasteiger partial charge is 0.349 e. The van der Waals surface area contributed by atoms with Crippen molar-refractivity contribution in [1.29, 1.82) is 0 Å². The van der Waals surface area contributed by atoms with E-state index in [-0.39, 0.29) is 41.0 Å². The predicted octanol–water partition coefficient (Wildman–Crippen LogP) is 9.23. The molecule has 0 rings (SSSR count). The molecular formula is C24H56O4P3Pd+. The molecule has 8 heteroatoms. The third-order valence-corrected chi connectivity index (χ3v) is 12.9. The van der Waals surface area contributed by atoms with Crippen LogP contribution >= 0.6 is 23.3 Å². The van der Waals surface area contributed by atoms with Crippen molar-refractivity contribution in [2.24, 2.45) is 0 Å². The summed E-state index contributed by atoms with van der Waals surface area (Å²) in [6, 6.07) is 0. The van der Waals surface area contributed by atoms with E-state index >= 15 is 0 Å². The fraction of sp³-hybridized carbons (Fsp3) is 1.00. The first kappa shape index (κ1) is 40.5. The molecule has 0 aliphatic heterocycles. The Morgan fingerprint density at radius 2 is 0.781 bits per heavy atom. The van der Waals surface area contributed by atoms with Crippen LogP contribution in [0.2, 0.25) is 0 Å². The normalized spacial score (nSPS) is 13.9. The molecule has 0 spiro atoms. The van der Waals surface area contributed by atoms with Gasteiger partial charge in [-0.2, -0.15) is 0 Å². The molecule has 0 saturated carbocycles. The van der Waals surface area contributed by atoms with Crippen LogP contribution in [0.15, 0.2) is 0 Å². The maximum atomic E-state index is 11.8. The average molecular weight is 608 g/mol. The van der Waals surface area contributed by atoms with Gasteiger partial charge < -0.3 is 9.79 Å². The summed E-state index contributed by atoms with van der Waals surface area (Å²) in [5, 5.41) is -0.987. The van der Waals surface area contributed by atoms with Gasteiger partial charge in [-0.05, 0) is 41.5 Å². The Hall–Kier alpha value is 1.34. The summed E-state index contributed by atoms with van der Waals surface area (Å²) in [7, 11) is -5.04. The van der Waals surface area contributed by atoms with Crippen molar-refractivity contribution in [3.05, 3.63) is 0 Å². The summed E-state index contributed by atoms with van der Waals surface area (Å²) in [5.41, 5.74) is 0. The van der Waals surface area contributed by atoms with Gasteiger partial charge in [0.25, 0.3) is 0 Å². The topological polar surface area (TPSA) is 74.6 Å². The van der Waals surface area contributed by atoms with Crippen molar-refractivity contribution in [3.8, 4) is 0 Å². The minimum Gasteiger partial charge on any atom is -0.373 e. The molecule has 0 amide bonds. The zero-order valence-corrected chi connectivity index (χ0v) is 28.6. The molecule has 0 atom stereocenters. The van der Waals surface area contributed by atoms with Crippen LogP contribution < -0.4 is 0 Å². The van der Waals surface area contributed by atoms with E-state index in [1.54, 1.807) is 41.5 Å². The summed E-state index contributed by atoms with van der Waals surface area (Å²) in [5.74, 6) is 0. The monoisotopic (exact) mass is 607 g/mol. The molecule has 0 aliphatic rings. The van der Waals surface area contributed by atoms with Crippen LogP contribution in [0, 0.1) is 0 Å². The second kappa shape index (κ2) is 13.0. The van der Waals surface area contributed by atoms with Gasteiger partial charge in [0.15, 0.2) is 10.3 Å². The van der Waals surface area contributed by atoms with E-state index in [9.17, 15) is 18.9 Å². The minimum atomic E-state index is -3.06. The van der Waals surface area contributed by atoms with Crippen molar-refractivity contribution in [2.75, 3.05) is 0 Å². The zero-order valence-electron chi connectivity index (χ0n) is 24.4. The number of hydrogen-bond acceptors (Lipinski definition) is 3. The van der Waals surface area contributed by atoms with E-state index in [0.717, 1.165) is 0 Å². The molecule has 2 N–H and O–H groups in total. The molecule has 0 aromatic heterocycles. The Kier molecular flexibility index (Phi) is 16.5. The Balaban J connectivity index is -0.000000181. The first-order chi connectivity index (χ1) is 12.8. The van der Waals surface area contributed by atoms with Gasteiger partial charge >= 0.3 is 7.80 Å². The summed E-state index contributed by atoms with van der Waals surface area (Å²) >= 11 is 0. The van der Waals surface area contributed by atoms with E-state index in [1.165, 1.54) is 0 Å². The third-order valence-electron chi connectivity index (χ3n) is 4.31. The summed E-state index contributed by atoms with van der Waals surface area (Å²) in [6.45, 7) is 35.5. The molecule has 0 heterocycles. The van der Waals surface area contributed by atoms with E-state index in [4.69, 9.17) is 0 Å². The average Bonchev–Trinajstić information content (AvgIpc) is 2.40. The molecule has 0 aliphatic carbocycles. The van der Waals surface area contributed by atoms with E-state index in [2.05, 4.69) is 41.5 Å². The number of rotatable bonds is 0. The Morgan fingerprint density at radius 3 is 0.781 bits per heavy atom. The quantitative estimate of drug-likeness (QED) is 0.213. The van der Waals surface area contributed by atoms with Gasteiger partial charge in [0, 0.05) is 49.2 Å². The molecule has 0 aromatic carbocycles. The molecule has 0 fully saturated rings. The fourth-order valence-electron chi connectivity index (χ4n) is 3.02. The SMILES string of the molecule is CC(C)(C)P(=O)(O)C(C)(C)C.CC(C)(C)P(O)C(C)(C)C.CC(C)(C)[P+](=O)C(C)(C)C.[Pd]. The van der Waals surface area contributed by atoms with Gasteiger partial charge in [0.2, 0.25) is 7.37 Å². The Labute approximate surface area is 217 Å². The van der Waals surface area contributed by atoms with Gasteiger partial charge in [-0.3, -0.25) is 4.57 Å². The van der Waals surface area contributed by atoms with E-state index < -0.39 is 33.6 Å². The van der Waals surface area contributed by atoms with E-state index in [0.29, 0.717) is 0 Å². The molecule has 32 heavy (non-hydrogen) atoms. The van der Waals surface area contributed by atoms with Gasteiger partial charge in [-0.25, -0.2) is 0 Å². The van der Waals surface area contributed by atoms with Gasteiger partial charge in [0.1, 0.15) is 0 Å². The van der Waals surface area contributed by atoms with E-state index in [1.807, 2.05) is 41.5 Å². The molecule has 0 radical (unpaired) electrons. The minimum absolute atomic E-state index is 0. The Morgan fingerprint density at radius 1 is 0.594 bits per heavy atom. The van der Waals surface area contributed by atoms with Crippen LogP contribution in [0.1, 0.15) is 125 Å². The molecule has 4 nitrogen and oxygen atoms in total. The molecule has 200 valence electrons. The van der Waals surface area contributed by atoms with Gasteiger partial charge in [-0.15, -0.1) is 0 Å². The first-order valence-electron chi connectivity index (χ1n) is 11.1. The van der Waals surface area contributed by atoms with Crippen molar-refractivity contribution < 1.29 is 39.3 Å². The second-order valence-electron chi connectivity index (χ2n) is 14.2. The van der Waals surface area contributed by atoms with Gasteiger partial charge in [-0.1, -0.05) is 87.6 Å². The molecule has 0 aromatic rings. The molecular weight excluding hydrogens is 552 g/mol. The largest absolute Gasteiger partial charge is 0.373 e. The van der Waals surface area contributed by atoms with Crippen LogP contribution in [-0.4, -0.2) is 40.7 Å². The summed E-state index contributed by atoms with van der Waals surface area (Å²) in [6.07, 6.45) is 0. The van der Waals surface area contributed by atoms with Crippen molar-refractivity contribution >= 4 is 23.3 Å². The van der Waals surface area contributed by atoms with Crippen molar-refractivity contribution in [2.45, 2.75) is 156 Å². The van der Waals surface area contributed by atoms with Crippen LogP contribution in [0.3, 0.4) is 0 Å². The maximum Gasteiger partial charge on any atom is 0.349 e. The van der Waals surface area contributed by atoms with Crippen LogP contribution in [-0.2, 0) is 29.6 Å². The Bertz CT molecular complexity index is 558.